The lowest BCUT2D eigenvalue weighted by molar-refractivity contribution is -0.116. The number of carbonyl (C=O) groups is 1. The number of nitrogens with zero attached hydrogens (tertiary/aromatic N) is 1. The van der Waals surface area contributed by atoms with Crippen molar-refractivity contribution in [3.63, 3.8) is 0 Å². The maximum Gasteiger partial charge on any atom is 0.256 e. The van der Waals surface area contributed by atoms with Crippen molar-refractivity contribution in [2.24, 2.45) is 0 Å². The van der Waals surface area contributed by atoms with Gasteiger partial charge in [0, 0.05) is 29.2 Å². The van der Waals surface area contributed by atoms with E-state index >= 15 is 0 Å². The van der Waals surface area contributed by atoms with Crippen LogP contribution in [0, 0.1) is 6.92 Å². The van der Waals surface area contributed by atoms with Crippen molar-refractivity contribution in [2.75, 3.05) is 24.9 Å². The maximum absolute atomic E-state index is 13.5. The first-order valence-corrected chi connectivity index (χ1v) is 11.4. The second-order valence-electron chi connectivity index (χ2n) is 8.08. The molecule has 0 fully saturated rings. The summed E-state index contributed by atoms with van der Waals surface area (Å²) in [5, 5.41) is 7.24. The summed E-state index contributed by atoms with van der Waals surface area (Å²) in [6.07, 6.45) is 0. The number of benzene rings is 3. The number of hydrogen-bond donors (Lipinski definition) is 2. The molecule has 0 radical (unpaired) electrons. The Bertz CT molecular complexity index is 1430. The third-order valence-electron chi connectivity index (χ3n) is 5.63. The Balaban J connectivity index is 1.74. The molecule has 8 heteroatoms. The Morgan fingerprint density at radius 2 is 1.69 bits per heavy atom. The smallest absolute Gasteiger partial charge is 0.256 e. The van der Waals surface area contributed by atoms with E-state index in [2.05, 4.69) is 10.6 Å². The minimum Gasteiger partial charge on any atom is -0.493 e. The van der Waals surface area contributed by atoms with Crippen molar-refractivity contribution in [1.29, 1.82) is 0 Å². The zero-order valence-corrected chi connectivity index (χ0v) is 20.5. The molecule has 0 aliphatic heterocycles. The van der Waals surface area contributed by atoms with Crippen LogP contribution in [0.15, 0.2) is 71.5 Å². The highest BCUT2D eigenvalue weighted by Crippen LogP contribution is 2.32. The Kier molecular flexibility index (Phi) is 7.27. The number of amides is 1. The molecule has 180 valence electrons. The molecule has 4 rings (SSSR count). The molecule has 0 bridgehead atoms. The molecule has 4 aromatic rings. The zero-order chi connectivity index (χ0) is 24.9. The van der Waals surface area contributed by atoms with E-state index in [1.807, 2.05) is 43.3 Å². The predicted octanol–water partition coefficient (Wildman–Crippen LogP) is 5.23. The quantitative estimate of drug-likeness (QED) is 0.352. The predicted molar refractivity (Wildman–Crippen MR) is 140 cm³/mol. The maximum atomic E-state index is 13.5. The molecule has 0 aliphatic carbocycles. The number of aromatic nitrogens is 1. The second-order valence-corrected chi connectivity index (χ2v) is 8.49. The van der Waals surface area contributed by atoms with Crippen molar-refractivity contribution in [2.45, 2.75) is 20.0 Å². The molecular formula is C27H26ClN3O4. The number of fused-ring (bicyclic) bond motifs is 1. The second kappa shape index (κ2) is 10.5. The van der Waals surface area contributed by atoms with Gasteiger partial charge in [0.05, 0.1) is 30.4 Å². The van der Waals surface area contributed by atoms with E-state index in [9.17, 15) is 9.59 Å². The minimum absolute atomic E-state index is 0.200. The summed E-state index contributed by atoms with van der Waals surface area (Å²) in [6, 6.07) is 20.3. The first-order valence-electron chi connectivity index (χ1n) is 11.0. The fraction of sp³-hybridized carbons (Fsp3) is 0.185. The summed E-state index contributed by atoms with van der Waals surface area (Å²) in [4.78, 5) is 26.5. The van der Waals surface area contributed by atoms with Gasteiger partial charge < -0.3 is 20.1 Å². The largest absolute Gasteiger partial charge is 0.493 e. The standard InChI is InChI=1S/C27H26ClN3O4/c1-17-9-10-22(21(28)11-17)30-26(32)16-31-23-14-25(35-3)24(34-2)13-18(23)12-19(27(31)33)15-29-20-7-5-4-6-8-20/h4-14,29H,15-16H2,1-3H3,(H,30,32). The van der Waals surface area contributed by atoms with Gasteiger partial charge in [-0.15, -0.1) is 0 Å². The van der Waals surface area contributed by atoms with Gasteiger partial charge >= 0.3 is 0 Å². The average molecular weight is 492 g/mol. The number of pyridine rings is 1. The number of para-hydroxylation sites is 1. The fourth-order valence-corrected chi connectivity index (χ4v) is 4.14. The topological polar surface area (TPSA) is 81.6 Å². The Hall–Kier alpha value is -3.97. The van der Waals surface area contributed by atoms with Crippen LogP contribution in [0.1, 0.15) is 11.1 Å². The van der Waals surface area contributed by atoms with Gasteiger partial charge in [0.15, 0.2) is 11.5 Å². The number of hydrogen-bond acceptors (Lipinski definition) is 5. The monoisotopic (exact) mass is 491 g/mol. The van der Waals surface area contributed by atoms with Gasteiger partial charge in [0.25, 0.3) is 5.56 Å². The first-order chi connectivity index (χ1) is 16.9. The highest BCUT2D eigenvalue weighted by atomic mass is 35.5. The van der Waals surface area contributed by atoms with Crippen LogP contribution in [0.2, 0.25) is 5.02 Å². The number of anilines is 2. The Labute approximate surface area is 208 Å². The highest BCUT2D eigenvalue weighted by molar-refractivity contribution is 6.33. The van der Waals surface area contributed by atoms with Gasteiger partial charge in [-0.1, -0.05) is 35.9 Å². The van der Waals surface area contributed by atoms with Crippen LogP contribution in [-0.2, 0) is 17.9 Å². The lowest BCUT2D eigenvalue weighted by atomic mass is 10.1. The number of rotatable bonds is 8. The van der Waals surface area contributed by atoms with Crippen LogP contribution >= 0.6 is 11.6 Å². The molecule has 1 heterocycles. The molecule has 3 aromatic carbocycles. The lowest BCUT2D eigenvalue weighted by Gasteiger charge is -2.16. The summed E-state index contributed by atoms with van der Waals surface area (Å²) in [6.45, 7) is 2.01. The number of ether oxygens (including phenoxy) is 2. The van der Waals surface area contributed by atoms with Gasteiger partial charge in [0.1, 0.15) is 6.54 Å². The lowest BCUT2D eigenvalue weighted by Crippen LogP contribution is -2.30. The minimum atomic E-state index is -0.373. The molecule has 0 saturated carbocycles. The molecule has 1 amide bonds. The van der Waals surface area contributed by atoms with E-state index in [-0.39, 0.29) is 18.0 Å². The average Bonchev–Trinajstić information content (AvgIpc) is 2.86. The van der Waals surface area contributed by atoms with Crippen LogP contribution in [0.4, 0.5) is 11.4 Å². The summed E-state index contributed by atoms with van der Waals surface area (Å²) in [7, 11) is 3.08. The molecule has 1 aromatic heterocycles. The number of nitrogens with one attached hydrogen (secondary N) is 2. The van der Waals surface area contributed by atoms with Gasteiger partial charge in [-0.2, -0.15) is 0 Å². The van der Waals surface area contributed by atoms with E-state index in [1.54, 1.807) is 37.4 Å². The number of methoxy groups -OCH3 is 2. The van der Waals surface area contributed by atoms with E-state index in [1.165, 1.54) is 11.7 Å². The third kappa shape index (κ3) is 5.41. The molecular weight excluding hydrogens is 466 g/mol. The third-order valence-corrected chi connectivity index (χ3v) is 5.94. The first kappa shape index (κ1) is 24.2. The number of carbonyl (C=O) groups excluding carboxylic acids is 1. The van der Waals surface area contributed by atoms with Crippen molar-refractivity contribution >= 4 is 39.8 Å². The summed E-state index contributed by atoms with van der Waals surface area (Å²) < 4.78 is 12.3. The molecule has 0 saturated heterocycles. The summed E-state index contributed by atoms with van der Waals surface area (Å²) in [5.74, 6) is 0.621. The molecule has 0 aliphatic rings. The van der Waals surface area contributed by atoms with Crippen LogP contribution in [0.5, 0.6) is 11.5 Å². The van der Waals surface area contributed by atoms with E-state index < -0.39 is 0 Å². The van der Waals surface area contributed by atoms with Crippen LogP contribution in [0.25, 0.3) is 10.9 Å². The number of halogens is 1. The molecule has 35 heavy (non-hydrogen) atoms. The van der Waals surface area contributed by atoms with E-state index in [0.717, 1.165) is 16.6 Å². The van der Waals surface area contributed by atoms with E-state index in [0.29, 0.717) is 39.8 Å². The van der Waals surface area contributed by atoms with Crippen molar-refractivity contribution in [3.05, 3.63) is 93.2 Å². The Morgan fingerprint density at radius 3 is 2.37 bits per heavy atom. The molecule has 0 atom stereocenters. The fourth-order valence-electron chi connectivity index (χ4n) is 3.86. The van der Waals surface area contributed by atoms with Crippen molar-refractivity contribution in [3.8, 4) is 11.5 Å². The van der Waals surface area contributed by atoms with Crippen LogP contribution < -0.4 is 25.7 Å². The van der Waals surface area contributed by atoms with Crippen LogP contribution in [-0.4, -0.2) is 24.7 Å². The zero-order valence-electron chi connectivity index (χ0n) is 19.7. The van der Waals surface area contributed by atoms with Crippen molar-refractivity contribution in [1.82, 2.24) is 4.57 Å². The Morgan fingerprint density at radius 1 is 0.971 bits per heavy atom. The molecule has 2 N–H and O–H groups in total. The highest BCUT2D eigenvalue weighted by Gasteiger charge is 2.16. The molecule has 0 unspecified atom stereocenters. The molecule has 0 spiro atoms. The van der Waals surface area contributed by atoms with Gasteiger partial charge in [0.2, 0.25) is 5.91 Å². The van der Waals surface area contributed by atoms with Gasteiger partial charge in [-0.05, 0) is 48.9 Å². The van der Waals surface area contributed by atoms with Gasteiger partial charge in [-0.3, -0.25) is 14.2 Å². The van der Waals surface area contributed by atoms with Crippen molar-refractivity contribution < 1.29 is 14.3 Å². The van der Waals surface area contributed by atoms with Crippen LogP contribution in [0.3, 0.4) is 0 Å². The van der Waals surface area contributed by atoms with E-state index in [4.69, 9.17) is 21.1 Å². The summed E-state index contributed by atoms with van der Waals surface area (Å²) >= 11 is 6.28. The number of aryl methyl sites for hydroxylation is 1. The summed E-state index contributed by atoms with van der Waals surface area (Å²) in [5.41, 5.74) is 3.14. The normalized spacial score (nSPS) is 10.7. The van der Waals surface area contributed by atoms with Gasteiger partial charge in [-0.25, -0.2) is 0 Å². The SMILES string of the molecule is COc1cc2cc(CNc3ccccc3)c(=O)n(CC(=O)Nc3ccc(C)cc3Cl)c2cc1OC. The molecule has 7 nitrogen and oxygen atoms in total.